The molecule has 2 N–H and O–H groups in total. The van der Waals surface area contributed by atoms with Crippen molar-refractivity contribution in [1.29, 1.82) is 0 Å². The van der Waals surface area contributed by atoms with Crippen LogP contribution in [0.15, 0.2) is 48.5 Å². The predicted octanol–water partition coefficient (Wildman–Crippen LogP) is 2.77. The summed E-state index contributed by atoms with van der Waals surface area (Å²) in [6.45, 7) is 2.15. The molecule has 2 aromatic rings. The normalized spacial score (nSPS) is 16.8. The highest BCUT2D eigenvalue weighted by Crippen LogP contribution is 2.28. The minimum Gasteiger partial charge on any atom is -0.352 e. The topological polar surface area (TPSA) is 61.4 Å². The van der Waals surface area contributed by atoms with Gasteiger partial charge in [0.05, 0.1) is 6.04 Å². The van der Waals surface area contributed by atoms with Crippen LogP contribution in [0.5, 0.6) is 0 Å². The van der Waals surface area contributed by atoms with E-state index in [1.807, 2.05) is 29.2 Å². The third-order valence-electron chi connectivity index (χ3n) is 4.56. The second-order valence-corrected chi connectivity index (χ2v) is 6.75. The minimum absolute atomic E-state index is 0.0409. The van der Waals surface area contributed by atoms with Crippen LogP contribution in [-0.4, -0.2) is 42.9 Å². The molecule has 1 aliphatic rings. The molecule has 7 heteroatoms. The van der Waals surface area contributed by atoms with Gasteiger partial charge in [0.1, 0.15) is 5.82 Å². The Morgan fingerprint density at radius 3 is 2.67 bits per heavy atom. The standard InChI is InChI=1S/C20H21ClFN3O2/c21-17-4-2-1-3-16(17)18-13-23-11-12-25(18)19(26)9-10-24-20(27)14-5-7-15(22)8-6-14/h1-8,18,23H,9-13H2,(H,24,27). The first-order chi connectivity index (χ1) is 13.1. The van der Waals surface area contributed by atoms with Gasteiger partial charge in [0.2, 0.25) is 5.91 Å². The largest absolute Gasteiger partial charge is 0.352 e. The lowest BCUT2D eigenvalue weighted by Crippen LogP contribution is -2.49. The smallest absolute Gasteiger partial charge is 0.251 e. The van der Waals surface area contributed by atoms with Crippen molar-refractivity contribution < 1.29 is 14.0 Å². The highest BCUT2D eigenvalue weighted by molar-refractivity contribution is 6.31. The molecule has 0 radical (unpaired) electrons. The molecule has 2 amide bonds. The van der Waals surface area contributed by atoms with Crippen LogP contribution in [0, 0.1) is 5.82 Å². The fraction of sp³-hybridized carbons (Fsp3) is 0.300. The van der Waals surface area contributed by atoms with Crippen LogP contribution in [0.2, 0.25) is 5.02 Å². The molecular formula is C20H21ClFN3O2. The molecule has 1 heterocycles. The Kier molecular flexibility index (Phi) is 6.42. The fourth-order valence-corrected chi connectivity index (χ4v) is 3.42. The summed E-state index contributed by atoms with van der Waals surface area (Å²) in [6, 6.07) is 12.7. The van der Waals surface area contributed by atoms with Crippen LogP contribution in [0.4, 0.5) is 4.39 Å². The highest BCUT2D eigenvalue weighted by atomic mass is 35.5. The zero-order valence-corrected chi connectivity index (χ0v) is 15.5. The molecular weight excluding hydrogens is 369 g/mol. The second kappa shape index (κ2) is 8.97. The van der Waals surface area contributed by atoms with Gasteiger partial charge in [-0.05, 0) is 35.9 Å². The Hall–Kier alpha value is -2.44. The van der Waals surface area contributed by atoms with Gasteiger partial charge in [-0.1, -0.05) is 29.8 Å². The summed E-state index contributed by atoms with van der Waals surface area (Å²) >= 11 is 6.30. The Morgan fingerprint density at radius 2 is 1.93 bits per heavy atom. The number of rotatable bonds is 5. The van der Waals surface area contributed by atoms with Crippen LogP contribution in [0.3, 0.4) is 0 Å². The average molecular weight is 390 g/mol. The maximum absolute atomic E-state index is 12.9. The van der Waals surface area contributed by atoms with E-state index in [-0.39, 0.29) is 30.8 Å². The zero-order chi connectivity index (χ0) is 19.2. The van der Waals surface area contributed by atoms with Crippen molar-refractivity contribution >= 4 is 23.4 Å². The summed E-state index contributed by atoms with van der Waals surface area (Å²) in [4.78, 5) is 26.6. The lowest BCUT2D eigenvalue weighted by molar-refractivity contribution is -0.134. The van der Waals surface area contributed by atoms with Gasteiger partial charge in [0, 0.05) is 43.2 Å². The van der Waals surface area contributed by atoms with Gasteiger partial charge in [0.25, 0.3) is 5.91 Å². The van der Waals surface area contributed by atoms with Gasteiger partial charge in [0.15, 0.2) is 0 Å². The molecule has 1 atom stereocenters. The maximum atomic E-state index is 12.9. The van der Waals surface area contributed by atoms with Crippen LogP contribution in [-0.2, 0) is 4.79 Å². The Labute approximate surface area is 162 Å². The lowest BCUT2D eigenvalue weighted by atomic mass is 10.0. The minimum atomic E-state index is -0.397. The maximum Gasteiger partial charge on any atom is 0.251 e. The van der Waals surface area contributed by atoms with Crippen molar-refractivity contribution in [2.75, 3.05) is 26.2 Å². The molecule has 0 saturated carbocycles. The van der Waals surface area contributed by atoms with Crippen molar-refractivity contribution in [1.82, 2.24) is 15.5 Å². The van der Waals surface area contributed by atoms with Crippen molar-refractivity contribution in [2.45, 2.75) is 12.5 Å². The third kappa shape index (κ3) is 4.84. The van der Waals surface area contributed by atoms with E-state index in [0.717, 1.165) is 5.56 Å². The Morgan fingerprint density at radius 1 is 1.19 bits per heavy atom. The van der Waals surface area contributed by atoms with Gasteiger partial charge in [-0.15, -0.1) is 0 Å². The number of piperazine rings is 1. The summed E-state index contributed by atoms with van der Waals surface area (Å²) in [5.74, 6) is -0.766. The number of nitrogens with zero attached hydrogens (tertiary/aromatic N) is 1. The van der Waals surface area contributed by atoms with Crippen LogP contribution in [0.1, 0.15) is 28.4 Å². The SMILES string of the molecule is O=C(NCCC(=O)N1CCNCC1c1ccccc1Cl)c1ccc(F)cc1. The molecule has 27 heavy (non-hydrogen) atoms. The number of benzene rings is 2. The van der Waals surface area contributed by atoms with E-state index in [1.165, 1.54) is 24.3 Å². The average Bonchev–Trinajstić information content (AvgIpc) is 2.69. The van der Waals surface area contributed by atoms with Crippen molar-refractivity contribution in [3.63, 3.8) is 0 Å². The molecule has 1 fully saturated rings. The quantitative estimate of drug-likeness (QED) is 0.826. The van der Waals surface area contributed by atoms with E-state index in [0.29, 0.717) is 30.2 Å². The Balaban J connectivity index is 1.58. The molecule has 142 valence electrons. The van der Waals surface area contributed by atoms with E-state index in [4.69, 9.17) is 11.6 Å². The second-order valence-electron chi connectivity index (χ2n) is 6.34. The van der Waals surface area contributed by atoms with Crippen LogP contribution in [0.25, 0.3) is 0 Å². The van der Waals surface area contributed by atoms with E-state index in [1.54, 1.807) is 0 Å². The number of amides is 2. The summed E-state index contributed by atoms with van der Waals surface area (Å²) in [5.41, 5.74) is 1.27. The third-order valence-corrected chi connectivity index (χ3v) is 4.90. The highest BCUT2D eigenvalue weighted by Gasteiger charge is 2.28. The van der Waals surface area contributed by atoms with Gasteiger partial charge in [-0.2, -0.15) is 0 Å². The molecule has 3 rings (SSSR count). The lowest BCUT2D eigenvalue weighted by Gasteiger charge is -2.37. The van der Waals surface area contributed by atoms with E-state index < -0.39 is 5.82 Å². The van der Waals surface area contributed by atoms with Crippen molar-refractivity contribution in [3.05, 3.63) is 70.5 Å². The van der Waals surface area contributed by atoms with Crippen molar-refractivity contribution in [2.24, 2.45) is 0 Å². The summed E-state index contributed by atoms with van der Waals surface area (Å²) in [7, 11) is 0. The summed E-state index contributed by atoms with van der Waals surface area (Å²) in [5, 5.41) is 6.63. The van der Waals surface area contributed by atoms with Crippen molar-refractivity contribution in [3.8, 4) is 0 Å². The predicted molar refractivity (Wildman–Crippen MR) is 102 cm³/mol. The number of hydrogen-bond donors (Lipinski definition) is 2. The molecule has 1 unspecified atom stereocenters. The van der Waals surface area contributed by atoms with E-state index in [9.17, 15) is 14.0 Å². The molecule has 0 spiro atoms. The van der Waals surface area contributed by atoms with Gasteiger partial charge in [-0.3, -0.25) is 9.59 Å². The van der Waals surface area contributed by atoms with E-state index in [2.05, 4.69) is 10.6 Å². The number of halogens is 2. The summed E-state index contributed by atoms with van der Waals surface area (Å²) in [6.07, 6.45) is 0.188. The Bertz CT molecular complexity index is 813. The van der Waals surface area contributed by atoms with Crippen LogP contribution < -0.4 is 10.6 Å². The molecule has 1 saturated heterocycles. The van der Waals surface area contributed by atoms with Gasteiger partial charge >= 0.3 is 0 Å². The van der Waals surface area contributed by atoms with Gasteiger partial charge < -0.3 is 15.5 Å². The van der Waals surface area contributed by atoms with Crippen LogP contribution >= 0.6 is 11.6 Å². The van der Waals surface area contributed by atoms with E-state index >= 15 is 0 Å². The fourth-order valence-electron chi connectivity index (χ4n) is 3.16. The molecule has 0 aliphatic carbocycles. The molecule has 0 bridgehead atoms. The first-order valence-corrected chi connectivity index (χ1v) is 9.22. The number of carbonyl (C=O) groups is 2. The first kappa shape index (κ1) is 19.3. The molecule has 0 aromatic heterocycles. The number of nitrogens with one attached hydrogen (secondary N) is 2. The molecule has 2 aromatic carbocycles. The monoisotopic (exact) mass is 389 g/mol. The summed E-state index contributed by atoms with van der Waals surface area (Å²) < 4.78 is 12.9. The number of carbonyl (C=O) groups excluding carboxylic acids is 2. The first-order valence-electron chi connectivity index (χ1n) is 8.84. The zero-order valence-electron chi connectivity index (χ0n) is 14.8. The molecule has 1 aliphatic heterocycles. The molecule has 5 nitrogen and oxygen atoms in total. The van der Waals surface area contributed by atoms with Gasteiger partial charge in [-0.25, -0.2) is 4.39 Å². The number of hydrogen-bond acceptors (Lipinski definition) is 3.